The zero-order valence-electron chi connectivity index (χ0n) is 9.08. The molecular weight excluding hydrogens is 196 g/mol. The maximum atomic E-state index is 10.8. The Balaban J connectivity index is 3.49. The van der Waals surface area contributed by atoms with E-state index >= 15 is 0 Å². The summed E-state index contributed by atoms with van der Waals surface area (Å²) in [6.07, 6.45) is 0.976. The van der Waals surface area contributed by atoms with Crippen LogP contribution in [0.2, 0.25) is 0 Å². The van der Waals surface area contributed by atoms with Crippen LogP contribution in [0.15, 0.2) is 12.2 Å². The molecule has 84 valence electrons. The average molecular weight is 213 g/mol. The van der Waals surface area contributed by atoms with Gasteiger partial charge >= 0.3 is 11.9 Å². The third kappa shape index (κ3) is 7.61. The second-order valence-electron chi connectivity index (χ2n) is 2.98. The van der Waals surface area contributed by atoms with Gasteiger partial charge in [0, 0.05) is 12.8 Å². The average Bonchev–Trinajstić information content (AvgIpc) is 2.25. The molecule has 0 aromatic rings. The summed E-state index contributed by atoms with van der Waals surface area (Å²) in [6, 6.07) is 0. The molecule has 0 saturated heterocycles. The van der Waals surface area contributed by atoms with Gasteiger partial charge in [-0.1, -0.05) is 13.5 Å². The van der Waals surface area contributed by atoms with Gasteiger partial charge in [-0.3, -0.25) is 4.79 Å². The molecule has 15 heavy (non-hydrogen) atoms. The van der Waals surface area contributed by atoms with Crippen LogP contribution in [-0.4, -0.2) is 25.2 Å². The van der Waals surface area contributed by atoms with Crippen molar-refractivity contribution in [3.8, 4) is 0 Å². The van der Waals surface area contributed by atoms with Crippen molar-refractivity contribution in [1.82, 2.24) is 0 Å². The molecule has 0 aliphatic carbocycles. The van der Waals surface area contributed by atoms with Crippen molar-refractivity contribution >= 4 is 11.9 Å². The van der Waals surface area contributed by atoms with E-state index in [1.165, 1.54) is 0 Å². The van der Waals surface area contributed by atoms with Crippen molar-refractivity contribution in [1.29, 1.82) is 0 Å². The van der Waals surface area contributed by atoms with E-state index in [1.54, 1.807) is 6.92 Å². The molecule has 0 aliphatic rings. The van der Waals surface area contributed by atoms with E-state index < -0.39 is 0 Å². The second-order valence-corrected chi connectivity index (χ2v) is 2.98. The zero-order chi connectivity index (χ0) is 11.7. The molecule has 0 unspecified atom stereocenters. The fraction of sp³-hybridized carbons (Fsp3) is 0.545. The maximum Gasteiger partial charge on any atom is 0.351 e. The van der Waals surface area contributed by atoms with E-state index in [0.29, 0.717) is 12.8 Å². The first kappa shape index (κ1) is 13.5. The van der Waals surface area contributed by atoms with Gasteiger partial charge in [0.15, 0.2) is 6.42 Å². The molecule has 4 nitrogen and oxygen atoms in total. The highest BCUT2D eigenvalue weighted by atomic mass is 16.5. The number of hydrogen-bond donors (Lipinski definition) is 0. The van der Waals surface area contributed by atoms with E-state index in [-0.39, 0.29) is 31.6 Å². The molecule has 0 fully saturated rings. The molecule has 0 atom stereocenters. The van der Waals surface area contributed by atoms with E-state index in [4.69, 9.17) is 9.47 Å². The number of esters is 2. The molecular formula is C11H17O4+. The third-order valence-electron chi connectivity index (χ3n) is 1.65. The van der Waals surface area contributed by atoms with Gasteiger partial charge in [-0.05, 0) is 5.57 Å². The normalized spacial score (nSPS) is 9.40. The summed E-state index contributed by atoms with van der Waals surface area (Å²) < 4.78 is 9.64. The SMILES string of the molecule is C=C(CCOC(=O)C[CH2+])COC(=O)CC. The number of rotatable bonds is 7. The molecule has 0 amide bonds. The predicted octanol–water partition coefficient (Wildman–Crippen LogP) is 1.65. The summed E-state index contributed by atoms with van der Waals surface area (Å²) in [5, 5.41) is 0. The standard InChI is InChI=1S/C11H17O4/c1-4-10(12)14-7-6-9(3)8-15-11(13)5-2/h1,3-8H2,2H3/q+1. The number of ether oxygens (including phenoxy) is 2. The summed E-state index contributed by atoms with van der Waals surface area (Å²) in [5.41, 5.74) is 0.730. The lowest BCUT2D eigenvalue weighted by atomic mass is 10.2. The lowest BCUT2D eigenvalue weighted by Gasteiger charge is -2.06. The number of hydrogen-bond acceptors (Lipinski definition) is 4. The zero-order valence-corrected chi connectivity index (χ0v) is 9.08. The van der Waals surface area contributed by atoms with Gasteiger partial charge in [0.2, 0.25) is 0 Å². The second kappa shape index (κ2) is 7.91. The molecule has 0 aromatic heterocycles. The quantitative estimate of drug-likeness (QED) is 0.366. The topological polar surface area (TPSA) is 52.6 Å². The highest BCUT2D eigenvalue weighted by Gasteiger charge is 2.04. The molecule has 0 rings (SSSR count). The molecule has 4 heteroatoms. The number of carbonyl (C=O) groups is 2. The molecule has 0 saturated carbocycles. The first-order valence-corrected chi connectivity index (χ1v) is 4.87. The molecule has 0 bridgehead atoms. The summed E-state index contributed by atoms with van der Waals surface area (Å²) in [7, 11) is 0. The van der Waals surface area contributed by atoms with Crippen LogP contribution in [0, 0.1) is 6.92 Å². The molecule has 0 aliphatic heterocycles. The Hall–Kier alpha value is -1.45. The van der Waals surface area contributed by atoms with E-state index in [2.05, 4.69) is 13.5 Å². The largest absolute Gasteiger partial charge is 0.462 e. The van der Waals surface area contributed by atoms with Crippen LogP contribution in [0.1, 0.15) is 26.2 Å². The minimum Gasteiger partial charge on any atom is -0.462 e. The van der Waals surface area contributed by atoms with Gasteiger partial charge in [0.25, 0.3) is 0 Å². The Kier molecular flexibility index (Phi) is 7.14. The lowest BCUT2D eigenvalue weighted by Crippen LogP contribution is -2.09. The van der Waals surface area contributed by atoms with Gasteiger partial charge < -0.3 is 9.47 Å². The van der Waals surface area contributed by atoms with Crippen LogP contribution in [0.25, 0.3) is 0 Å². The smallest absolute Gasteiger partial charge is 0.351 e. The summed E-state index contributed by atoms with van der Waals surface area (Å²) in [6.45, 7) is 9.26. The van der Waals surface area contributed by atoms with E-state index in [0.717, 1.165) is 5.57 Å². The monoisotopic (exact) mass is 213 g/mol. The van der Waals surface area contributed by atoms with Gasteiger partial charge in [-0.2, -0.15) is 0 Å². The van der Waals surface area contributed by atoms with Crippen LogP contribution in [0.3, 0.4) is 0 Å². The third-order valence-corrected chi connectivity index (χ3v) is 1.65. The molecule has 0 N–H and O–H groups in total. The molecule has 0 radical (unpaired) electrons. The van der Waals surface area contributed by atoms with Gasteiger partial charge in [0.1, 0.15) is 6.61 Å². The number of carbonyl (C=O) groups excluding carboxylic acids is 2. The molecule has 0 aromatic carbocycles. The van der Waals surface area contributed by atoms with Crippen molar-refractivity contribution in [2.45, 2.75) is 26.2 Å². The van der Waals surface area contributed by atoms with Crippen molar-refractivity contribution in [3.63, 3.8) is 0 Å². The Morgan fingerprint density at radius 3 is 2.47 bits per heavy atom. The summed E-state index contributed by atoms with van der Waals surface area (Å²) in [5.74, 6) is -0.598. The van der Waals surface area contributed by atoms with Crippen LogP contribution < -0.4 is 0 Å². The minimum absolute atomic E-state index is 0.122. The highest BCUT2D eigenvalue weighted by Crippen LogP contribution is 2.01. The lowest BCUT2D eigenvalue weighted by molar-refractivity contribution is -0.144. The maximum absolute atomic E-state index is 10.8. The highest BCUT2D eigenvalue weighted by molar-refractivity contribution is 5.70. The molecule has 0 spiro atoms. The summed E-state index contributed by atoms with van der Waals surface area (Å²) in [4.78, 5) is 21.5. The van der Waals surface area contributed by atoms with Crippen molar-refractivity contribution < 1.29 is 19.1 Å². The van der Waals surface area contributed by atoms with Gasteiger partial charge in [0.05, 0.1) is 13.5 Å². The van der Waals surface area contributed by atoms with E-state index in [1.807, 2.05) is 0 Å². The first-order chi connectivity index (χ1) is 7.10. The van der Waals surface area contributed by atoms with Crippen LogP contribution in [0.5, 0.6) is 0 Å². The minimum atomic E-state index is -0.339. The van der Waals surface area contributed by atoms with Crippen molar-refractivity contribution in [2.24, 2.45) is 0 Å². The van der Waals surface area contributed by atoms with Crippen molar-refractivity contribution in [2.75, 3.05) is 13.2 Å². The Bertz CT molecular complexity index is 233. The predicted molar refractivity (Wildman–Crippen MR) is 55.9 cm³/mol. The fourth-order valence-electron chi connectivity index (χ4n) is 0.738. The van der Waals surface area contributed by atoms with E-state index in [9.17, 15) is 9.59 Å². The van der Waals surface area contributed by atoms with Crippen LogP contribution >= 0.6 is 0 Å². The van der Waals surface area contributed by atoms with Gasteiger partial charge in [-0.25, -0.2) is 4.79 Å². The van der Waals surface area contributed by atoms with Crippen LogP contribution in [0.4, 0.5) is 0 Å². The Morgan fingerprint density at radius 1 is 1.27 bits per heavy atom. The van der Waals surface area contributed by atoms with Crippen molar-refractivity contribution in [3.05, 3.63) is 19.1 Å². The Morgan fingerprint density at radius 2 is 1.93 bits per heavy atom. The summed E-state index contributed by atoms with van der Waals surface area (Å²) >= 11 is 0. The fourth-order valence-corrected chi connectivity index (χ4v) is 0.738. The Labute approximate surface area is 90.2 Å². The van der Waals surface area contributed by atoms with Gasteiger partial charge in [-0.15, -0.1) is 0 Å². The first-order valence-electron chi connectivity index (χ1n) is 4.87. The van der Waals surface area contributed by atoms with Crippen LogP contribution in [-0.2, 0) is 19.1 Å². The molecule has 0 heterocycles.